The quantitative estimate of drug-likeness (QED) is 0.102. The van der Waals surface area contributed by atoms with Crippen LogP contribution in [0.5, 0.6) is 0 Å². The van der Waals surface area contributed by atoms with Crippen LogP contribution in [0.2, 0.25) is 0 Å². The molecule has 1 aliphatic heterocycles. The zero-order valence-electron chi connectivity index (χ0n) is 32.7. The van der Waals surface area contributed by atoms with E-state index >= 15 is 0 Å². The number of rotatable bonds is 25. The van der Waals surface area contributed by atoms with Gasteiger partial charge in [-0.2, -0.15) is 0 Å². The fraction of sp³-hybridized carbons (Fsp3) is 0.537. The van der Waals surface area contributed by atoms with E-state index in [2.05, 4.69) is 27.8 Å². The number of benzene rings is 2. The van der Waals surface area contributed by atoms with Crippen molar-refractivity contribution in [2.45, 2.75) is 58.5 Å². The number of anilines is 1. The Morgan fingerprint density at radius 1 is 0.745 bits per heavy atom. The highest BCUT2D eigenvalue weighted by Crippen LogP contribution is 2.25. The van der Waals surface area contributed by atoms with Crippen LogP contribution in [0.15, 0.2) is 48.5 Å². The van der Waals surface area contributed by atoms with Gasteiger partial charge < -0.3 is 44.7 Å². The first-order valence-corrected chi connectivity index (χ1v) is 18.9. The second-order valence-electron chi connectivity index (χ2n) is 13.3. The van der Waals surface area contributed by atoms with Crippen molar-refractivity contribution in [2.24, 2.45) is 5.92 Å². The summed E-state index contributed by atoms with van der Waals surface area (Å²) in [5.74, 6) is 5.49. The third-order valence-corrected chi connectivity index (χ3v) is 8.73. The molecule has 3 N–H and O–H groups in total. The molecule has 0 fully saturated rings. The van der Waals surface area contributed by atoms with Crippen LogP contribution < -0.4 is 20.9 Å². The van der Waals surface area contributed by atoms with Crippen LogP contribution >= 0.6 is 0 Å². The molecule has 55 heavy (non-hydrogen) atoms. The van der Waals surface area contributed by atoms with E-state index in [4.69, 9.17) is 18.9 Å². The summed E-state index contributed by atoms with van der Waals surface area (Å²) in [5.41, 5.74) is 3.42. The van der Waals surface area contributed by atoms with Crippen molar-refractivity contribution in [3.8, 4) is 11.8 Å². The van der Waals surface area contributed by atoms with E-state index in [1.807, 2.05) is 62.4 Å². The molecule has 14 nitrogen and oxygen atoms in total. The number of carbonyl (C=O) groups is 5. The van der Waals surface area contributed by atoms with Gasteiger partial charge in [-0.05, 0) is 36.1 Å². The zero-order valence-corrected chi connectivity index (χ0v) is 32.7. The van der Waals surface area contributed by atoms with Crippen molar-refractivity contribution >= 4 is 35.2 Å². The van der Waals surface area contributed by atoms with E-state index in [9.17, 15) is 24.0 Å². The number of carbonyl (C=O) groups excluding carboxylic acids is 5. The van der Waals surface area contributed by atoms with Gasteiger partial charge in [0, 0.05) is 64.0 Å². The summed E-state index contributed by atoms with van der Waals surface area (Å²) in [5, 5.41) is 8.09. The maximum absolute atomic E-state index is 13.3. The topological polar surface area (TPSA) is 165 Å². The van der Waals surface area contributed by atoms with Crippen molar-refractivity contribution in [2.75, 3.05) is 84.9 Å². The third-order valence-electron chi connectivity index (χ3n) is 8.73. The van der Waals surface area contributed by atoms with Crippen molar-refractivity contribution in [1.29, 1.82) is 0 Å². The molecule has 3 rings (SSSR count). The minimum Gasteiger partial charge on any atom is -0.379 e. The first-order chi connectivity index (χ1) is 26.6. The maximum Gasteiger partial charge on any atom is 0.242 e. The maximum atomic E-state index is 13.3. The Kier molecular flexibility index (Phi) is 20.5. The van der Waals surface area contributed by atoms with Gasteiger partial charge in [0.05, 0.1) is 65.1 Å². The van der Waals surface area contributed by atoms with Gasteiger partial charge in [0.25, 0.3) is 0 Å². The average molecular weight is 764 g/mol. The molecule has 1 heterocycles. The molecule has 1 aliphatic rings. The number of fused-ring (bicyclic) bond motifs is 2. The molecule has 300 valence electrons. The van der Waals surface area contributed by atoms with E-state index in [-0.39, 0.29) is 74.3 Å². The minimum atomic E-state index is -0.599. The predicted molar refractivity (Wildman–Crippen MR) is 208 cm³/mol. The summed E-state index contributed by atoms with van der Waals surface area (Å²) < 4.78 is 22.1. The lowest BCUT2D eigenvalue weighted by molar-refractivity contribution is -0.132. The summed E-state index contributed by atoms with van der Waals surface area (Å²) in [4.78, 5) is 65.4. The Labute approximate surface area is 324 Å². The lowest BCUT2D eigenvalue weighted by Crippen LogP contribution is -2.48. The van der Waals surface area contributed by atoms with Gasteiger partial charge in [-0.15, -0.1) is 0 Å². The lowest BCUT2D eigenvalue weighted by Gasteiger charge is -2.26. The van der Waals surface area contributed by atoms with Crippen LogP contribution in [0, 0.1) is 17.8 Å². The highest BCUT2D eigenvalue weighted by atomic mass is 16.6. The summed E-state index contributed by atoms with van der Waals surface area (Å²) in [6, 6.07) is 14.8. The van der Waals surface area contributed by atoms with Gasteiger partial charge in [0.1, 0.15) is 6.04 Å². The van der Waals surface area contributed by atoms with Crippen LogP contribution in [0.25, 0.3) is 0 Å². The predicted octanol–water partition coefficient (Wildman–Crippen LogP) is 2.41. The van der Waals surface area contributed by atoms with Crippen LogP contribution in [0.3, 0.4) is 0 Å². The highest BCUT2D eigenvalue weighted by Gasteiger charge is 2.23. The summed E-state index contributed by atoms with van der Waals surface area (Å²) in [6.07, 6.45) is 1.12. The number of ether oxygens (including phenoxy) is 4. The van der Waals surface area contributed by atoms with E-state index in [1.165, 1.54) is 7.05 Å². The summed E-state index contributed by atoms with van der Waals surface area (Å²) >= 11 is 0. The number of hydrogen-bond donors (Lipinski definition) is 3. The van der Waals surface area contributed by atoms with Crippen molar-refractivity contribution in [1.82, 2.24) is 20.9 Å². The molecule has 14 heteroatoms. The minimum absolute atomic E-state index is 0.0454. The summed E-state index contributed by atoms with van der Waals surface area (Å²) in [7, 11) is 3.22. The number of amides is 5. The number of nitrogens with zero attached hydrogens (tertiary/aromatic N) is 2. The monoisotopic (exact) mass is 763 g/mol. The lowest BCUT2D eigenvalue weighted by atomic mass is 10.0. The molecule has 0 spiro atoms. The third kappa shape index (κ3) is 16.6. The van der Waals surface area contributed by atoms with Crippen molar-refractivity contribution in [3.05, 3.63) is 65.2 Å². The fourth-order valence-electron chi connectivity index (χ4n) is 5.52. The molecule has 0 saturated carbocycles. The molecule has 2 aromatic carbocycles. The number of nitrogens with one attached hydrogen (secondary N) is 3. The molecule has 5 amide bonds. The van der Waals surface area contributed by atoms with E-state index in [1.54, 1.807) is 16.8 Å². The standard InChI is InChI=1S/C41H57N5O9/c1-31(2)40(41(51)42-3)44-37(48)14-9-15-38(49)45(4)21-23-53-25-27-55-29-28-54-26-24-52-22-19-36(47)43-20-18-39(50)46-30-34-12-6-5-10-32(34)16-17-33-11-7-8-13-35(33)46/h5-8,10-13,31,40H,9,14-15,18-30H2,1-4H3,(H,42,51)(H,43,47)(H,44,48)/t40-/m0/s1. The van der Waals surface area contributed by atoms with E-state index in [0.717, 1.165) is 22.4 Å². The molecule has 0 unspecified atom stereocenters. The summed E-state index contributed by atoms with van der Waals surface area (Å²) in [6.45, 7) is 7.59. The first-order valence-electron chi connectivity index (χ1n) is 18.9. The van der Waals surface area contributed by atoms with Gasteiger partial charge in [-0.3, -0.25) is 24.0 Å². The largest absolute Gasteiger partial charge is 0.379 e. The van der Waals surface area contributed by atoms with Crippen molar-refractivity contribution < 1.29 is 42.9 Å². The second-order valence-corrected chi connectivity index (χ2v) is 13.3. The average Bonchev–Trinajstić information content (AvgIpc) is 3.17. The molecular weight excluding hydrogens is 706 g/mol. The van der Waals surface area contributed by atoms with Crippen LogP contribution in [-0.4, -0.2) is 121 Å². The molecule has 0 saturated heterocycles. The molecule has 0 radical (unpaired) electrons. The number of hydrogen-bond acceptors (Lipinski definition) is 9. The van der Waals surface area contributed by atoms with Crippen LogP contribution in [-0.2, 0) is 49.5 Å². The van der Waals surface area contributed by atoms with Crippen molar-refractivity contribution in [3.63, 3.8) is 0 Å². The smallest absolute Gasteiger partial charge is 0.242 e. The molecule has 2 aromatic rings. The Bertz CT molecular complexity index is 1610. The van der Waals surface area contributed by atoms with E-state index in [0.29, 0.717) is 65.8 Å². The Morgan fingerprint density at radius 3 is 2.02 bits per heavy atom. The fourth-order valence-corrected chi connectivity index (χ4v) is 5.52. The second kappa shape index (κ2) is 25.3. The Balaban J connectivity index is 1.13. The number of para-hydroxylation sites is 1. The zero-order chi connectivity index (χ0) is 39.8. The van der Waals surface area contributed by atoms with Crippen LogP contribution in [0.4, 0.5) is 5.69 Å². The van der Waals surface area contributed by atoms with E-state index < -0.39 is 6.04 Å². The van der Waals surface area contributed by atoms with Crippen LogP contribution in [0.1, 0.15) is 62.6 Å². The van der Waals surface area contributed by atoms with Gasteiger partial charge >= 0.3 is 0 Å². The molecule has 0 aliphatic carbocycles. The first kappa shape index (κ1) is 44.6. The molecule has 0 aromatic heterocycles. The van der Waals surface area contributed by atoms with Gasteiger partial charge in [-0.1, -0.05) is 56.0 Å². The molecule has 1 atom stereocenters. The van der Waals surface area contributed by atoms with Gasteiger partial charge in [0.15, 0.2) is 0 Å². The number of likely N-dealkylation sites (N-methyl/N-ethyl adjacent to an activating group) is 2. The Hall–Kier alpha value is -4.81. The Morgan fingerprint density at radius 2 is 1.35 bits per heavy atom. The molecule has 0 bridgehead atoms. The highest BCUT2D eigenvalue weighted by molar-refractivity contribution is 5.95. The van der Waals surface area contributed by atoms with Gasteiger partial charge in [0.2, 0.25) is 29.5 Å². The molecular formula is C41H57N5O9. The SMILES string of the molecule is CNC(=O)[C@@H](NC(=O)CCCC(=O)N(C)CCOCCOCCOCCOCCC(=O)NCCC(=O)N1Cc2ccccc2C#Cc2ccccc21)C(C)C. The normalized spacial score (nSPS) is 12.3. The van der Waals surface area contributed by atoms with Gasteiger partial charge in [-0.25, -0.2) is 0 Å².